The van der Waals surface area contributed by atoms with Gasteiger partial charge in [0.1, 0.15) is 17.0 Å². The van der Waals surface area contributed by atoms with Gasteiger partial charge in [0.05, 0.1) is 6.61 Å². The van der Waals surface area contributed by atoms with Gasteiger partial charge in [0.2, 0.25) is 5.75 Å². The van der Waals surface area contributed by atoms with Gasteiger partial charge in [-0.2, -0.15) is 0 Å². The molecule has 1 heterocycles. The number of carboxylic acids is 1. The molecule has 1 aliphatic rings. The molecule has 1 aliphatic carbocycles. The molecule has 0 unspecified atom stereocenters. The molecular formula is C13H16FN3O7. The molecule has 10 nitrogen and oxygen atoms in total. The molecular weight excluding hydrogens is 329 g/mol. The van der Waals surface area contributed by atoms with Gasteiger partial charge >= 0.3 is 12.1 Å². The van der Waals surface area contributed by atoms with Gasteiger partial charge in [-0.15, -0.1) is 0 Å². The third-order valence-corrected chi connectivity index (χ3v) is 4.18. The molecule has 6 N–H and O–H groups in total. The molecule has 0 radical (unpaired) electrons. The Morgan fingerprint density at radius 3 is 2.29 bits per heavy atom. The van der Waals surface area contributed by atoms with Crippen molar-refractivity contribution in [2.75, 3.05) is 6.61 Å². The van der Waals surface area contributed by atoms with E-state index in [0.717, 1.165) is 0 Å². The van der Waals surface area contributed by atoms with E-state index in [2.05, 4.69) is 15.3 Å². The summed E-state index contributed by atoms with van der Waals surface area (Å²) in [6, 6.07) is 0. The summed E-state index contributed by atoms with van der Waals surface area (Å²) in [7, 11) is 0. The van der Waals surface area contributed by atoms with Crippen LogP contribution in [-0.4, -0.2) is 54.7 Å². The van der Waals surface area contributed by atoms with Gasteiger partial charge in [-0.3, -0.25) is 4.79 Å². The van der Waals surface area contributed by atoms with Crippen LogP contribution in [0.15, 0.2) is 4.79 Å². The molecule has 0 saturated heterocycles. The van der Waals surface area contributed by atoms with Crippen molar-refractivity contribution in [2.45, 2.75) is 36.9 Å². The van der Waals surface area contributed by atoms with E-state index in [1.54, 1.807) is 0 Å². The summed E-state index contributed by atoms with van der Waals surface area (Å²) in [5, 5.41) is 38.7. The fourth-order valence-corrected chi connectivity index (χ4v) is 2.75. The first kappa shape index (κ1) is 17.7. The number of aliphatic hydroxyl groups excluding tert-OH is 1. The minimum absolute atomic E-state index is 0.164. The number of hydrogen-bond acceptors (Lipinski definition) is 6. The Hall–Kier alpha value is -2.69. The van der Waals surface area contributed by atoms with E-state index in [9.17, 15) is 23.9 Å². The van der Waals surface area contributed by atoms with E-state index in [1.165, 1.54) is 0 Å². The number of aromatic hydroxyl groups is 1. The summed E-state index contributed by atoms with van der Waals surface area (Å²) in [4.78, 5) is 39.7. The number of amides is 1. The number of aliphatic hydroxyl groups is 1. The number of aromatic nitrogens is 2. The van der Waals surface area contributed by atoms with Gasteiger partial charge in [-0.05, 0) is 25.7 Å². The van der Waals surface area contributed by atoms with Crippen LogP contribution in [0.3, 0.4) is 0 Å². The maximum Gasteiger partial charge on any atom is 0.405 e. The van der Waals surface area contributed by atoms with E-state index >= 15 is 0 Å². The normalized spacial score (nSPS) is 26.8. The van der Waals surface area contributed by atoms with Crippen molar-refractivity contribution < 1.29 is 34.4 Å². The highest BCUT2D eigenvalue weighted by atomic mass is 19.1. The Labute approximate surface area is 134 Å². The van der Waals surface area contributed by atoms with Crippen LogP contribution >= 0.6 is 0 Å². The predicted octanol–water partition coefficient (Wildman–Crippen LogP) is -0.0888. The summed E-state index contributed by atoms with van der Waals surface area (Å²) in [5.74, 6) is -3.11. The molecule has 24 heavy (non-hydrogen) atoms. The fourth-order valence-electron chi connectivity index (χ4n) is 2.75. The number of hydrogen-bond donors (Lipinski definition) is 6. The SMILES string of the molecule is O=C(O)NC1(c2nc(C(=O)O)c(O)c(=O)[nH]2)CCC(F)(CO)CC1. The standard InChI is InChI=1S/C13H16FN3O7/c14-12(5-18)1-3-13(4-2-12,17-11(23)24)10-15-6(9(21)22)7(19)8(20)16-10/h17-19H,1-5H2,(H,21,22)(H,23,24)(H,15,16,20). The zero-order valence-electron chi connectivity index (χ0n) is 12.4. The number of aromatic carboxylic acids is 1. The third-order valence-electron chi connectivity index (χ3n) is 4.18. The molecule has 1 fully saturated rings. The van der Waals surface area contributed by atoms with Gasteiger partial charge in [-0.1, -0.05) is 0 Å². The topological polar surface area (TPSA) is 173 Å². The highest BCUT2D eigenvalue weighted by Gasteiger charge is 2.47. The van der Waals surface area contributed by atoms with Crippen molar-refractivity contribution in [2.24, 2.45) is 0 Å². The number of carbonyl (C=O) groups is 2. The summed E-state index contributed by atoms with van der Waals surface area (Å²) < 4.78 is 14.2. The lowest BCUT2D eigenvalue weighted by Crippen LogP contribution is -2.52. The van der Waals surface area contributed by atoms with Crippen LogP contribution in [0.5, 0.6) is 5.75 Å². The van der Waals surface area contributed by atoms with Gasteiger partial charge < -0.3 is 30.7 Å². The monoisotopic (exact) mass is 345 g/mol. The first-order chi connectivity index (χ1) is 11.1. The predicted molar refractivity (Wildman–Crippen MR) is 75.7 cm³/mol. The Morgan fingerprint density at radius 2 is 1.83 bits per heavy atom. The minimum Gasteiger partial charge on any atom is -0.501 e. The van der Waals surface area contributed by atoms with E-state index in [4.69, 9.17) is 15.3 Å². The fraction of sp³-hybridized carbons (Fsp3) is 0.538. The Balaban J connectivity index is 2.52. The maximum atomic E-state index is 14.2. The third kappa shape index (κ3) is 3.15. The van der Waals surface area contributed by atoms with Crippen molar-refractivity contribution in [1.82, 2.24) is 15.3 Å². The number of nitrogens with zero attached hydrogens (tertiary/aromatic N) is 1. The van der Waals surface area contributed by atoms with Crippen LogP contribution in [-0.2, 0) is 5.54 Å². The van der Waals surface area contributed by atoms with Crippen molar-refractivity contribution in [1.29, 1.82) is 0 Å². The average Bonchev–Trinajstić information content (AvgIpc) is 2.51. The first-order valence-corrected chi connectivity index (χ1v) is 7.00. The lowest BCUT2D eigenvalue weighted by molar-refractivity contribution is 0.00635. The Bertz CT molecular complexity index is 725. The summed E-state index contributed by atoms with van der Waals surface area (Å²) >= 11 is 0. The molecule has 1 aromatic heterocycles. The number of aromatic amines is 1. The second-order valence-electron chi connectivity index (χ2n) is 5.74. The zero-order chi connectivity index (χ0) is 18.1. The molecule has 2 rings (SSSR count). The summed E-state index contributed by atoms with van der Waals surface area (Å²) in [6.07, 6.45) is -2.25. The van der Waals surface area contributed by atoms with Crippen LogP contribution in [0.25, 0.3) is 0 Å². The molecule has 0 aliphatic heterocycles. The minimum atomic E-state index is -1.89. The van der Waals surface area contributed by atoms with Crippen molar-refractivity contribution in [3.05, 3.63) is 21.9 Å². The average molecular weight is 345 g/mol. The van der Waals surface area contributed by atoms with E-state index in [1.807, 2.05) is 0 Å². The molecule has 132 valence electrons. The van der Waals surface area contributed by atoms with Crippen LogP contribution in [0.1, 0.15) is 42.0 Å². The molecule has 1 amide bonds. The lowest BCUT2D eigenvalue weighted by atomic mass is 9.74. The molecule has 0 bridgehead atoms. The molecule has 0 aromatic carbocycles. The number of rotatable bonds is 4. The highest BCUT2D eigenvalue weighted by Crippen LogP contribution is 2.42. The largest absolute Gasteiger partial charge is 0.501 e. The number of alkyl halides is 1. The quantitative estimate of drug-likeness (QED) is 0.439. The Morgan fingerprint density at radius 1 is 1.25 bits per heavy atom. The first-order valence-electron chi connectivity index (χ1n) is 7.00. The molecule has 0 atom stereocenters. The van der Waals surface area contributed by atoms with Crippen LogP contribution < -0.4 is 10.9 Å². The summed E-state index contributed by atoms with van der Waals surface area (Å²) in [5.41, 5.74) is -5.51. The Kier molecular flexibility index (Phi) is 4.47. The van der Waals surface area contributed by atoms with Crippen molar-refractivity contribution >= 4 is 12.1 Å². The number of H-pyrrole nitrogens is 1. The zero-order valence-corrected chi connectivity index (χ0v) is 12.4. The van der Waals surface area contributed by atoms with E-state index in [0.29, 0.717) is 0 Å². The van der Waals surface area contributed by atoms with Crippen LogP contribution in [0.4, 0.5) is 9.18 Å². The molecule has 1 saturated carbocycles. The summed E-state index contributed by atoms with van der Waals surface area (Å²) in [6.45, 7) is -0.740. The van der Waals surface area contributed by atoms with Crippen LogP contribution in [0.2, 0.25) is 0 Å². The van der Waals surface area contributed by atoms with Gasteiger partial charge in [0.15, 0.2) is 5.69 Å². The van der Waals surface area contributed by atoms with E-state index in [-0.39, 0.29) is 31.5 Å². The van der Waals surface area contributed by atoms with Gasteiger partial charge in [0, 0.05) is 0 Å². The van der Waals surface area contributed by atoms with Crippen LogP contribution in [0, 0.1) is 0 Å². The molecule has 11 heteroatoms. The van der Waals surface area contributed by atoms with E-state index < -0.39 is 46.9 Å². The van der Waals surface area contributed by atoms with Gasteiger partial charge in [0.25, 0.3) is 5.56 Å². The van der Waals surface area contributed by atoms with Crippen molar-refractivity contribution in [3.63, 3.8) is 0 Å². The number of halogens is 1. The molecule has 1 aromatic rings. The maximum absolute atomic E-state index is 14.2. The molecule has 0 spiro atoms. The smallest absolute Gasteiger partial charge is 0.405 e. The number of nitrogens with one attached hydrogen (secondary N) is 2. The van der Waals surface area contributed by atoms with Gasteiger partial charge in [-0.25, -0.2) is 19.0 Å². The lowest BCUT2D eigenvalue weighted by Gasteiger charge is -2.41. The van der Waals surface area contributed by atoms with Crippen molar-refractivity contribution in [3.8, 4) is 5.75 Å². The highest BCUT2D eigenvalue weighted by molar-refractivity contribution is 5.88. The number of carboxylic acid groups (broad SMARTS) is 2. The second-order valence-corrected chi connectivity index (χ2v) is 5.74. The second kappa shape index (κ2) is 6.07.